The molecule has 3 saturated heterocycles. The SMILES string of the molecule is Cc1nnnn1CCC(=O)N1C[C@H]2CC[C@@H](C1)N(Cc1ccccc1)C2. The minimum absolute atomic E-state index is 0.221. The van der Waals surface area contributed by atoms with Crippen LogP contribution >= 0.6 is 0 Å². The molecule has 1 aromatic carbocycles. The summed E-state index contributed by atoms with van der Waals surface area (Å²) in [5.41, 5.74) is 1.35. The molecule has 3 fully saturated rings. The minimum Gasteiger partial charge on any atom is -0.341 e. The van der Waals surface area contributed by atoms with E-state index in [-0.39, 0.29) is 5.91 Å². The van der Waals surface area contributed by atoms with Gasteiger partial charge in [0, 0.05) is 38.6 Å². The highest BCUT2D eigenvalue weighted by molar-refractivity contribution is 5.76. The number of amides is 1. The maximum atomic E-state index is 12.8. The van der Waals surface area contributed by atoms with Crippen LogP contribution in [-0.2, 0) is 17.9 Å². The summed E-state index contributed by atoms with van der Waals surface area (Å²) in [6.45, 7) is 6.21. The Morgan fingerprint density at radius 3 is 2.77 bits per heavy atom. The van der Waals surface area contributed by atoms with Gasteiger partial charge in [0.05, 0.1) is 6.54 Å². The fourth-order valence-corrected chi connectivity index (χ4v) is 4.21. The van der Waals surface area contributed by atoms with Crippen molar-refractivity contribution in [3.05, 3.63) is 41.7 Å². The van der Waals surface area contributed by atoms with Crippen LogP contribution in [0.4, 0.5) is 0 Å². The molecule has 3 aliphatic rings. The van der Waals surface area contributed by atoms with Crippen molar-refractivity contribution in [2.24, 2.45) is 5.92 Å². The number of carbonyl (C=O) groups is 1. The molecule has 0 spiro atoms. The van der Waals surface area contributed by atoms with Crippen LogP contribution in [0.3, 0.4) is 0 Å². The van der Waals surface area contributed by atoms with E-state index in [0.29, 0.717) is 24.9 Å². The van der Waals surface area contributed by atoms with Gasteiger partial charge in [0.25, 0.3) is 0 Å². The lowest BCUT2D eigenvalue weighted by atomic mass is 9.94. The van der Waals surface area contributed by atoms with Crippen LogP contribution in [0.1, 0.15) is 30.7 Å². The molecule has 1 amide bonds. The van der Waals surface area contributed by atoms with E-state index in [1.807, 2.05) is 6.92 Å². The van der Waals surface area contributed by atoms with Crippen LogP contribution in [0.25, 0.3) is 0 Å². The maximum Gasteiger partial charge on any atom is 0.224 e. The second kappa shape index (κ2) is 7.53. The molecule has 2 aromatic rings. The van der Waals surface area contributed by atoms with Gasteiger partial charge in [-0.3, -0.25) is 9.69 Å². The number of hydrogen-bond acceptors (Lipinski definition) is 5. The Kier molecular flexibility index (Phi) is 4.97. The molecule has 0 aliphatic carbocycles. The van der Waals surface area contributed by atoms with Crippen LogP contribution in [0.5, 0.6) is 0 Å². The van der Waals surface area contributed by atoms with Gasteiger partial charge in [-0.1, -0.05) is 30.3 Å². The average molecular weight is 354 g/mol. The standard InChI is InChI=1S/C19H26N6O/c1-15-20-21-22-25(15)10-9-19(26)24-13-17-7-8-18(14-24)23(12-17)11-16-5-3-2-4-6-16/h2-6,17-18H,7-14H2,1H3/t17-,18-/m0/s1. The van der Waals surface area contributed by atoms with Gasteiger partial charge in [-0.05, 0) is 41.7 Å². The van der Waals surface area contributed by atoms with E-state index >= 15 is 0 Å². The second-order valence-electron chi connectivity index (χ2n) is 7.51. The van der Waals surface area contributed by atoms with E-state index in [2.05, 4.69) is 55.7 Å². The zero-order chi connectivity index (χ0) is 17.9. The van der Waals surface area contributed by atoms with Gasteiger partial charge in [-0.25, -0.2) is 4.68 Å². The summed E-state index contributed by atoms with van der Waals surface area (Å²) in [6.07, 6.45) is 2.88. The zero-order valence-corrected chi connectivity index (χ0v) is 15.3. The molecule has 1 aromatic heterocycles. The van der Waals surface area contributed by atoms with Crippen LogP contribution in [0.15, 0.2) is 30.3 Å². The fraction of sp³-hybridized carbons (Fsp3) is 0.579. The summed E-state index contributed by atoms with van der Waals surface area (Å²) in [4.78, 5) is 17.4. The maximum absolute atomic E-state index is 12.8. The number of piperidine rings is 1. The Morgan fingerprint density at radius 1 is 1.15 bits per heavy atom. The molecule has 0 unspecified atom stereocenters. The van der Waals surface area contributed by atoms with Crippen molar-refractivity contribution in [2.75, 3.05) is 19.6 Å². The summed E-state index contributed by atoms with van der Waals surface area (Å²) in [7, 11) is 0. The largest absolute Gasteiger partial charge is 0.341 e. The Morgan fingerprint density at radius 2 is 2.00 bits per heavy atom. The summed E-state index contributed by atoms with van der Waals surface area (Å²) in [5, 5.41) is 11.4. The number of carbonyl (C=O) groups excluding carboxylic acids is 1. The molecule has 5 rings (SSSR count). The van der Waals surface area contributed by atoms with Crippen molar-refractivity contribution in [2.45, 2.75) is 45.3 Å². The first-order chi connectivity index (χ1) is 12.7. The van der Waals surface area contributed by atoms with Crippen LogP contribution < -0.4 is 0 Å². The van der Waals surface area contributed by atoms with Gasteiger partial charge in [-0.2, -0.15) is 0 Å². The lowest BCUT2D eigenvalue weighted by molar-refractivity contribution is -0.131. The molecule has 7 nitrogen and oxygen atoms in total. The predicted octanol–water partition coefficient (Wildman–Crippen LogP) is 1.49. The molecule has 4 heterocycles. The first kappa shape index (κ1) is 17.1. The molecule has 26 heavy (non-hydrogen) atoms. The molecule has 138 valence electrons. The molecule has 2 bridgehead atoms. The van der Waals surface area contributed by atoms with Gasteiger partial charge in [0.1, 0.15) is 5.82 Å². The van der Waals surface area contributed by atoms with E-state index in [1.54, 1.807) is 4.68 Å². The molecular weight excluding hydrogens is 328 g/mol. The van der Waals surface area contributed by atoms with E-state index in [1.165, 1.54) is 18.4 Å². The number of rotatable bonds is 5. The number of tetrazole rings is 1. The summed E-state index contributed by atoms with van der Waals surface area (Å²) in [5.74, 6) is 1.55. The Hall–Kier alpha value is -2.28. The van der Waals surface area contributed by atoms with Crippen LogP contribution in [0.2, 0.25) is 0 Å². The van der Waals surface area contributed by atoms with Gasteiger partial charge in [0.15, 0.2) is 0 Å². The summed E-state index contributed by atoms with van der Waals surface area (Å²) >= 11 is 0. The van der Waals surface area contributed by atoms with Crippen molar-refractivity contribution >= 4 is 5.91 Å². The highest BCUT2D eigenvalue weighted by Gasteiger charge is 2.36. The smallest absolute Gasteiger partial charge is 0.224 e. The number of hydrogen-bond donors (Lipinski definition) is 0. The van der Waals surface area contributed by atoms with Crippen molar-refractivity contribution in [3.8, 4) is 0 Å². The van der Waals surface area contributed by atoms with E-state index in [0.717, 1.165) is 32.0 Å². The van der Waals surface area contributed by atoms with Crippen molar-refractivity contribution in [1.29, 1.82) is 0 Å². The fourth-order valence-electron chi connectivity index (χ4n) is 4.21. The molecule has 3 aliphatic heterocycles. The van der Waals surface area contributed by atoms with Crippen LogP contribution in [-0.4, -0.2) is 61.6 Å². The van der Waals surface area contributed by atoms with Crippen LogP contribution in [0, 0.1) is 12.8 Å². The highest BCUT2D eigenvalue weighted by atomic mass is 16.2. The van der Waals surface area contributed by atoms with Gasteiger partial charge < -0.3 is 4.90 Å². The molecular formula is C19H26N6O. The van der Waals surface area contributed by atoms with Crippen molar-refractivity contribution < 1.29 is 4.79 Å². The third kappa shape index (κ3) is 3.77. The molecule has 0 N–H and O–H groups in total. The Bertz CT molecular complexity index is 745. The molecule has 2 atom stereocenters. The van der Waals surface area contributed by atoms with Gasteiger partial charge in [-0.15, -0.1) is 5.10 Å². The number of nitrogens with zero attached hydrogens (tertiary/aromatic N) is 6. The summed E-state index contributed by atoms with van der Waals surface area (Å²) in [6, 6.07) is 11.1. The number of aromatic nitrogens is 4. The van der Waals surface area contributed by atoms with Gasteiger partial charge >= 0.3 is 0 Å². The highest BCUT2D eigenvalue weighted by Crippen LogP contribution is 2.29. The van der Waals surface area contributed by atoms with E-state index < -0.39 is 0 Å². The lowest BCUT2D eigenvalue weighted by Gasteiger charge is -2.36. The third-order valence-electron chi connectivity index (χ3n) is 5.66. The summed E-state index contributed by atoms with van der Waals surface area (Å²) < 4.78 is 1.70. The second-order valence-corrected chi connectivity index (χ2v) is 7.51. The zero-order valence-electron chi connectivity index (χ0n) is 15.3. The Labute approximate surface area is 154 Å². The molecule has 0 saturated carbocycles. The first-order valence-corrected chi connectivity index (χ1v) is 9.47. The predicted molar refractivity (Wildman–Crippen MR) is 97.1 cm³/mol. The number of benzene rings is 1. The van der Waals surface area contributed by atoms with Gasteiger partial charge in [0.2, 0.25) is 5.91 Å². The normalized spacial score (nSPS) is 23.2. The monoisotopic (exact) mass is 354 g/mol. The molecule has 0 radical (unpaired) electrons. The third-order valence-corrected chi connectivity index (χ3v) is 5.66. The van der Waals surface area contributed by atoms with E-state index in [9.17, 15) is 4.79 Å². The number of aryl methyl sites for hydroxylation is 2. The Balaban J connectivity index is 1.38. The minimum atomic E-state index is 0.221. The first-order valence-electron chi connectivity index (χ1n) is 9.47. The molecule has 7 heteroatoms. The lowest BCUT2D eigenvalue weighted by Crippen LogP contribution is -2.44. The van der Waals surface area contributed by atoms with Crippen molar-refractivity contribution in [1.82, 2.24) is 30.0 Å². The average Bonchev–Trinajstić information content (AvgIpc) is 2.86. The quantitative estimate of drug-likeness (QED) is 0.814. The van der Waals surface area contributed by atoms with E-state index in [4.69, 9.17) is 0 Å². The van der Waals surface area contributed by atoms with Crippen molar-refractivity contribution in [3.63, 3.8) is 0 Å². The number of fused-ring (bicyclic) bond motifs is 4. The topological polar surface area (TPSA) is 67.2 Å².